The lowest BCUT2D eigenvalue weighted by molar-refractivity contribution is 0.576. The second-order valence-electron chi connectivity index (χ2n) is 4.37. The first-order valence-corrected chi connectivity index (χ1v) is 7.70. The number of thioether (sulfide) groups is 1. The molecule has 0 heterocycles. The van der Waals surface area contributed by atoms with Crippen LogP contribution in [0.3, 0.4) is 0 Å². The molecule has 0 saturated heterocycles. The number of rotatable bonds is 8. The van der Waals surface area contributed by atoms with Gasteiger partial charge >= 0.3 is 0 Å². The molecule has 1 rings (SSSR count). The number of benzene rings is 1. The maximum atomic E-state index is 3.34. The molecule has 0 radical (unpaired) electrons. The van der Waals surface area contributed by atoms with Gasteiger partial charge in [-0.1, -0.05) is 38.8 Å². The first-order chi connectivity index (χ1) is 8.31. The molecule has 96 valence electrons. The van der Waals surface area contributed by atoms with E-state index in [4.69, 9.17) is 0 Å². The lowest BCUT2D eigenvalue weighted by Gasteiger charge is -2.14. The summed E-state index contributed by atoms with van der Waals surface area (Å²) in [6.45, 7) is 4.47. The van der Waals surface area contributed by atoms with Crippen molar-refractivity contribution in [3.63, 3.8) is 0 Å². The van der Waals surface area contributed by atoms with E-state index in [-0.39, 0.29) is 0 Å². The van der Waals surface area contributed by atoms with Crippen LogP contribution < -0.4 is 5.32 Å². The second-order valence-corrected chi connectivity index (χ2v) is 5.54. The molecule has 0 spiro atoms. The highest BCUT2D eigenvalue weighted by Gasteiger charge is 2.05. The van der Waals surface area contributed by atoms with Crippen LogP contribution in [-0.2, 0) is 0 Å². The van der Waals surface area contributed by atoms with E-state index in [1.165, 1.54) is 35.5 Å². The highest BCUT2D eigenvalue weighted by atomic mass is 32.2. The SMILES string of the molecule is CCCCCSc1ccc(C(CC)NC)cc1. The predicted octanol–water partition coefficient (Wildman–Crippen LogP) is 4.64. The van der Waals surface area contributed by atoms with Crippen LogP contribution in [0.25, 0.3) is 0 Å². The van der Waals surface area contributed by atoms with Gasteiger partial charge in [0.05, 0.1) is 0 Å². The van der Waals surface area contributed by atoms with Crippen molar-refractivity contribution < 1.29 is 0 Å². The standard InChI is InChI=1S/C15H25NS/c1-4-6-7-12-17-14-10-8-13(9-11-14)15(5-2)16-3/h8-11,15-16H,4-7,12H2,1-3H3. The third-order valence-corrected chi connectivity index (χ3v) is 4.15. The quantitative estimate of drug-likeness (QED) is 0.533. The van der Waals surface area contributed by atoms with Gasteiger partial charge in [-0.2, -0.15) is 0 Å². The Morgan fingerprint density at radius 3 is 2.35 bits per heavy atom. The van der Waals surface area contributed by atoms with Crippen molar-refractivity contribution in [3.8, 4) is 0 Å². The van der Waals surface area contributed by atoms with Gasteiger partial charge in [0.25, 0.3) is 0 Å². The topological polar surface area (TPSA) is 12.0 Å². The van der Waals surface area contributed by atoms with Crippen molar-refractivity contribution in [1.29, 1.82) is 0 Å². The fourth-order valence-electron chi connectivity index (χ4n) is 1.94. The number of unbranched alkanes of at least 4 members (excludes halogenated alkanes) is 2. The van der Waals surface area contributed by atoms with E-state index >= 15 is 0 Å². The number of hydrogen-bond acceptors (Lipinski definition) is 2. The molecule has 0 saturated carbocycles. The molecule has 1 aromatic rings. The van der Waals surface area contributed by atoms with Crippen LogP contribution in [0.1, 0.15) is 51.1 Å². The zero-order chi connectivity index (χ0) is 12.5. The molecule has 0 fully saturated rings. The van der Waals surface area contributed by atoms with Crippen molar-refractivity contribution in [2.24, 2.45) is 0 Å². The van der Waals surface area contributed by atoms with Gasteiger partial charge in [0.1, 0.15) is 0 Å². The second kappa shape index (κ2) is 8.60. The van der Waals surface area contributed by atoms with Crippen molar-refractivity contribution in [3.05, 3.63) is 29.8 Å². The lowest BCUT2D eigenvalue weighted by Crippen LogP contribution is -2.14. The van der Waals surface area contributed by atoms with E-state index in [1.54, 1.807) is 0 Å². The molecule has 0 aliphatic heterocycles. The van der Waals surface area contributed by atoms with Gasteiger partial charge in [0, 0.05) is 10.9 Å². The molecule has 1 unspecified atom stereocenters. The van der Waals surface area contributed by atoms with Gasteiger partial charge in [-0.25, -0.2) is 0 Å². The summed E-state index contributed by atoms with van der Waals surface area (Å²) in [5, 5.41) is 3.34. The van der Waals surface area contributed by atoms with Crippen LogP contribution in [0.2, 0.25) is 0 Å². The largest absolute Gasteiger partial charge is 0.313 e. The smallest absolute Gasteiger partial charge is 0.0314 e. The summed E-state index contributed by atoms with van der Waals surface area (Å²) in [5.74, 6) is 1.25. The molecule has 0 aromatic heterocycles. The Balaban J connectivity index is 2.44. The fraction of sp³-hybridized carbons (Fsp3) is 0.600. The first kappa shape index (κ1) is 14.6. The van der Waals surface area contributed by atoms with E-state index in [1.807, 2.05) is 18.8 Å². The number of hydrogen-bond donors (Lipinski definition) is 1. The van der Waals surface area contributed by atoms with E-state index in [0.29, 0.717) is 6.04 Å². The molecule has 2 heteroatoms. The van der Waals surface area contributed by atoms with Crippen molar-refractivity contribution in [1.82, 2.24) is 5.32 Å². The Bertz CT molecular complexity index is 290. The highest BCUT2D eigenvalue weighted by Crippen LogP contribution is 2.23. The van der Waals surface area contributed by atoms with Crippen LogP contribution in [0.15, 0.2) is 29.2 Å². The van der Waals surface area contributed by atoms with Crippen LogP contribution in [-0.4, -0.2) is 12.8 Å². The minimum absolute atomic E-state index is 0.495. The van der Waals surface area contributed by atoms with Gasteiger partial charge in [-0.3, -0.25) is 0 Å². The summed E-state index contributed by atoms with van der Waals surface area (Å²) >= 11 is 1.98. The van der Waals surface area contributed by atoms with Gasteiger partial charge in [0.15, 0.2) is 0 Å². The maximum Gasteiger partial charge on any atom is 0.0314 e. The van der Waals surface area contributed by atoms with Crippen LogP contribution in [0, 0.1) is 0 Å². The Hall–Kier alpha value is -0.470. The molecule has 1 N–H and O–H groups in total. The monoisotopic (exact) mass is 251 g/mol. The molecular formula is C15H25NS. The summed E-state index contributed by atoms with van der Waals surface area (Å²) < 4.78 is 0. The summed E-state index contributed by atoms with van der Waals surface area (Å²) in [6.07, 6.45) is 5.12. The summed E-state index contributed by atoms with van der Waals surface area (Å²) in [4.78, 5) is 1.40. The summed E-state index contributed by atoms with van der Waals surface area (Å²) in [5.41, 5.74) is 1.40. The molecule has 1 nitrogen and oxygen atoms in total. The van der Waals surface area contributed by atoms with Crippen LogP contribution >= 0.6 is 11.8 Å². The molecule has 1 atom stereocenters. The van der Waals surface area contributed by atoms with E-state index in [2.05, 4.69) is 43.4 Å². The van der Waals surface area contributed by atoms with Gasteiger partial charge in [0.2, 0.25) is 0 Å². The Labute approximate surface area is 110 Å². The van der Waals surface area contributed by atoms with Gasteiger partial charge < -0.3 is 5.32 Å². The zero-order valence-corrected chi connectivity index (χ0v) is 12.1. The van der Waals surface area contributed by atoms with E-state index in [9.17, 15) is 0 Å². The zero-order valence-electron chi connectivity index (χ0n) is 11.3. The molecule has 0 amide bonds. The van der Waals surface area contributed by atoms with E-state index in [0.717, 1.165) is 6.42 Å². The third-order valence-electron chi connectivity index (χ3n) is 3.06. The Morgan fingerprint density at radius 2 is 1.82 bits per heavy atom. The predicted molar refractivity (Wildman–Crippen MR) is 78.8 cm³/mol. The fourth-order valence-corrected chi connectivity index (χ4v) is 2.86. The van der Waals surface area contributed by atoms with E-state index < -0.39 is 0 Å². The first-order valence-electron chi connectivity index (χ1n) is 6.71. The lowest BCUT2D eigenvalue weighted by atomic mass is 10.1. The molecule has 0 aliphatic rings. The number of nitrogens with one attached hydrogen (secondary N) is 1. The average molecular weight is 251 g/mol. The average Bonchev–Trinajstić information content (AvgIpc) is 2.38. The molecule has 17 heavy (non-hydrogen) atoms. The highest BCUT2D eigenvalue weighted by molar-refractivity contribution is 7.99. The molecule has 0 aliphatic carbocycles. The Morgan fingerprint density at radius 1 is 1.12 bits per heavy atom. The van der Waals surface area contributed by atoms with Gasteiger partial charge in [-0.15, -0.1) is 11.8 Å². The third kappa shape index (κ3) is 5.13. The van der Waals surface area contributed by atoms with Crippen molar-refractivity contribution >= 4 is 11.8 Å². The van der Waals surface area contributed by atoms with Crippen LogP contribution in [0.5, 0.6) is 0 Å². The normalized spacial score (nSPS) is 12.6. The molecule has 0 bridgehead atoms. The molecule has 1 aromatic carbocycles. The molecular weight excluding hydrogens is 226 g/mol. The minimum atomic E-state index is 0.495. The van der Waals surface area contributed by atoms with Gasteiger partial charge in [-0.05, 0) is 43.3 Å². The summed E-state index contributed by atoms with van der Waals surface area (Å²) in [7, 11) is 2.03. The van der Waals surface area contributed by atoms with Crippen molar-refractivity contribution in [2.75, 3.05) is 12.8 Å². The van der Waals surface area contributed by atoms with Crippen LogP contribution in [0.4, 0.5) is 0 Å². The van der Waals surface area contributed by atoms with Crippen molar-refractivity contribution in [2.45, 2.75) is 50.5 Å². The maximum absolute atomic E-state index is 3.34. The minimum Gasteiger partial charge on any atom is -0.313 e. The Kier molecular flexibility index (Phi) is 7.38. The summed E-state index contributed by atoms with van der Waals surface area (Å²) in [6, 6.07) is 9.52.